The average Bonchev–Trinajstić information content (AvgIpc) is 2.86. The molecule has 0 unspecified atom stereocenters. The van der Waals surface area contributed by atoms with E-state index >= 15 is 0 Å². The van der Waals surface area contributed by atoms with Crippen LogP contribution in [0.3, 0.4) is 0 Å². The Labute approximate surface area is 117 Å². The van der Waals surface area contributed by atoms with E-state index < -0.39 is 0 Å². The third-order valence-electron chi connectivity index (χ3n) is 3.34. The van der Waals surface area contributed by atoms with Gasteiger partial charge in [0.05, 0.1) is 0 Å². The molecule has 1 saturated heterocycles. The number of nitrogens with zero attached hydrogens (tertiary/aromatic N) is 4. The highest BCUT2D eigenvalue weighted by Gasteiger charge is 2.29. The number of rotatable bonds is 2. The Hall–Kier alpha value is -1.21. The van der Waals surface area contributed by atoms with Crippen LogP contribution in [0.15, 0.2) is 0 Å². The summed E-state index contributed by atoms with van der Waals surface area (Å²) in [5, 5.41) is 11.9. The molecule has 0 saturated carbocycles. The van der Waals surface area contributed by atoms with Crippen molar-refractivity contribution in [3.05, 3.63) is 5.01 Å². The average molecular weight is 283 g/mol. The molecular formula is C12H21N5OS. The molecule has 0 aromatic carbocycles. The van der Waals surface area contributed by atoms with Crippen molar-refractivity contribution in [2.75, 3.05) is 38.5 Å². The molecule has 1 aromatic heterocycles. The Balaban J connectivity index is 1.96. The normalized spacial score (nSPS) is 17.6. The number of hydrogen-bond acceptors (Lipinski definition) is 6. The molecule has 0 radical (unpaired) electrons. The Morgan fingerprint density at radius 3 is 2.32 bits per heavy atom. The minimum absolute atomic E-state index is 0.00689. The van der Waals surface area contributed by atoms with E-state index in [0.29, 0.717) is 10.1 Å². The minimum atomic E-state index is -0.00689. The highest BCUT2D eigenvalue weighted by Crippen LogP contribution is 2.19. The van der Waals surface area contributed by atoms with Crippen molar-refractivity contribution in [2.24, 2.45) is 0 Å². The summed E-state index contributed by atoms with van der Waals surface area (Å²) in [6.45, 7) is 9.94. The Bertz CT molecular complexity index is 445. The fourth-order valence-corrected chi connectivity index (χ4v) is 2.79. The first kappa shape index (κ1) is 14.2. The van der Waals surface area contributed by atoms with Gasteiger partial charge in [0.2, 0.25) is 10.1 Å². The lowest BCUT2D eigenvalue weighted by Gasteiger charge is -2.42. The van der Waals surface area contributed by atoms with E-state index in [1.54, 1.807) is 7.05 Å². The maximum atomic E-state index is 12.3. The number of aromatic nitrogens is 2. The van der Waals surface area contributed by atoms with E-state index in [-0.39, 0.29) is 11.4 Å². The molecular weight excluding hydrogens is 262 g/mol. The largest absolute Gasteiger partial charge is 0.363 e. The van der Waals surface area contributed by atoms with Gasteiger partial charge in [-0.1, -0.05) is 11.3 Å². The lowest BCUT2D eigenvalue weighted by Crippen LogP contribution is -2.54. The molecule has 2 rings (SSSR count). The van der Waals surface area contributed by atoms with Gasteiger partial charge in [0.1, 0.15) is 0 Å². The van der Waals surface area contributed by atoms with Crippen LogP contribution in [0, 0.1) is 0 Å². The lowest BCUT2D eigenvalue weighted by molar-refractivity contribution is 0.0450. The molecule has 0 atom stereocenters. The van der Waals surface area contributed by atoms with Gasteiger partial charge < -0.3 is 10.2 Å². The molecule has 1 aliphatic rings. The summed E-state index contributed by atoms with van der Waals surface area (Å²) in [6, 6.07) is 0. The van der Waals surface area contributed by atoms with Gasteiger partial charge >= 0.3 is 0 Å². The van der Waals surface area contributed by atoms with Crippen LogP contribution >= 0.6 is 11.3 Å². The predicted molar refractivity (Wildman–Crippen MR) is 76.7 cm³/mol. The number of nitrogens with one attached hydrogen (secondary N) is 1. The summed E-state index contributed by atoms with van der Waals surface area (Å²) in [5.41, 5.74) is 0.164. The van der Waals surface area contributed by atoms with E-state index in [0.717, 1.165) is 26.2 Å². The van der Waals surface area contributed by atoms with E-state index in [2.05, 4.69) is 41.2 Å². The van der Waals surface area contributed by atoms with Crippen LogP contribution in [-0.2, 0) is 0 Å². The van der Waals surface area contributed by atoms with Gasteiger partial charge in [0.25, 0.3) is 5.91 Å². The molecule has 6 nitrogen and oxygen atoms in total. The van der Waals surface area contributed by atoms with Crippen molar-refractivity contribution in [3.63, 3.8) is 0 Å². The number of anilines is 1. The van der Waals surface area contributed by atoms with Gasteiger partial charge in [-0.2, -0.15) is 0 Å². The van der Waals surface area contributed by atoms with E-state index in [1.165, 1.54) is 11.3 Å². The number of amides is 1. The molecule has 0 bridgehead atoms. The molecule has 19 heavy (non-hydrogen) atoms. The summed E-state index contributed by atoms with van der Waals surface area (Å²) < 4.78 is 0. The number of carbonyl (C=O) groups is 1. The predicted octanol–water partition coefficient (Wildman–Crippen LogP) is 1.14. The van der Waals surface area contributed by atoms with Gasteiger partial charge in [-0.25, -0.2) is 0 Å². The maximum Gasteiger partial charge on any atom is 0.284 e. The molecule has 7 heteroatoms. The van der Waals surface area contributed by atoms with E-state index in [1.807, 2.05) is 4.90 Å². The highest BCUT2D eigenvalue weighted by atomic mass is 32.1. The molecule has 1 N–H and O–H groups in total. The third kappa shape index (κ3) is 3.22. The van der Waals surface area contributed by atoms with Crippen LogP contribution < -0.4 is 5.32 Å². The van der Waals surface area contributed by atoms with Crippen molar-refractivity contribution >= 4 is 22.4 Å². The Kier molecular flexibility index (Phi) is 4.05. The quantitative estimate of drug-likeness (QED) is 0.882. The molecule has 1 amide bonds. The summed E-state index contributed by atoms with van der Waals surface area (Å²) in [6.07, 6.45) is 0. The monoisotopic (exact) mass is 283 g/mol. The van der Waals surface area contributed by atoms with Gasteiger partial charge in [-0.05, 0) is 20.8 Å². The summed E-state index contributed by atoms with van der Waals surface area (Å²) >= 11 is 1.30. The summed E-state index contributed by atoms with van der Waals surface area (Å²) in [7, 11) is 1.77. The molecule has 106 valence electrons. The number of carbonyl (C=O) groups excluding carboxylic acids is 1. The first-order valence-electron chi connectivity index (χ1n) is 6.47. The van der Waals surface area contributed by atoms with Crippen molar-refractivity contribution in [2.45, 2.75) is 26.3 Å². The zero-order valence-electron chi connectivity index (χ0n) is 11.9. The SMILES string of the molecule is CNc1nnc(C(=O)N2CCN(C(C)(C)C)CC2)s1. The van der Waals surface area contributed by atoms with E-state index in [4.69, 9.17) is 0 Å². The summed E-state index contributed by atoms with van der Waals surface area (Å²) in [5.74, 6) is -0.00689. The molecule has 1 aliphatic heterocycles. The smallest absolute Gasteiger partial charge is 0.284 e. The van der Waals surface area contributed by atoms with Gasteiger partial charge in [-0.15, -0.1) is 10.2 Å². The lowest BCUT2D eigenvalue weighted by atomic mass is 10.1. The standard InChI is InChI=1S/C12H21N5OS/c1-12(2,3)17-7-5-16(6-8-17)10(18)9-14-15-11(13-4)19-9/h5-8H2,1-4H3,(H,13,15). The second-order valence-electron chi connectivity index (χ2n) is 5.61. The van der Waals surface area contributed by atoms with Crippen molar-refractivity contribution in [1.29, 1.82) is 0 Å². The van der Waals surface area contributed by atoms with Gasteiger partial charge in [0, 0.05) is 38.8 Å². The second kappa shape index (κ2) is 5.42. The Morgan fingerprint density at radius 2 is 1.84 bits per heavy atom. The third-order valence-corrected chi connectivity index (χ3v) is 4.27. The maximum absolute atomic E-state index is 12.3. The second-order valence-corrected chi connectivity index (χ2v) is 6.59. The van der Waals surface area contributed by atoms with Crippen LogP contribution in [-0.4, -0.2) is 64.7 Å². The molecule has 1 fully saturated rings. The van der Waals surface area contributed by atoms with Crippen LogP contribution in [0.2, 0.25) is 0 Å². The topological polar surface area (TPSA) is 61.4 Å². The highest BCUT2D eigenvalue weighted by molar-refractivity contribution is 7.17. The number of piperazine rings is 1. The first-order valence-corrected chi connectivity index (χ1v) is 7.29. The zero-order valence-corrected chi connectivity index (χ0v) is 12.8. The van der Waals surface area contributed by atoms with Crippen LogP contribution in [0.1, 0.15) is 30.6 Å². The van der Waals surface area contributed by atoms with Gasteiger partial charge in [-0.3, -0.25) is 9.69 Å². The minimum Gasteiger partial charge on any atom is -0.363 e. The van der Waals surface area contributed by atoms with Crippen molar-refractivity contribution in [3.8, 4) is 0 Å². The van der Waals surface area contributed by atoms with Crippen LogP contribution in [0.25, 0.3) is 0 Å². The number of hydrogen-bond donors (Lipinski definition) is 1. The van der Waals surface area contributed by atoms with Crippen molar-refractivity contribution in [1.82, 2.24) is 20.0 Å². The molecule has 1 aromatic rings. The zero-order chi connectivity index (χ0) is 14.0. The Morgan fingerprint density at radius 1 is 1.21 bits per heavy atom. The van der Waals surface area contributed by atoms with Crippen molar-refractivity contribution < 1.29 is 4.79 Å². The summed E-state index contributed by atoms with van der Waals surface area (Å²) in [4.78, 5) is 16.5. The van der Waals surface area contributed by atoms with Gasteiger partial charge in [0.15, 0.2) is 0 Å². The molecule has 0 spiro atoms. The molecule has 0 aliphatic carbocycles. The van der Waals surface area contributed by atoms with Crippen LogP contribution in [0.4, 0.5) is 5.13 Å². The van der Waals surface area contributed by atoms with Crippen LogP contribution in [0.5, 0.6) is 0 Å². The fraction of sp³-hybridized carbons (Fsp3) is 0.750. The molecule has 2 heterocycles. The fourth-order valence-electron chi connectivity index (χ4n) is 2.13. The first-order chi connectivity index (χ1) is 8.91. The van der Waals surface area contributed by atoms with E-state index in [9.17, 15) is 4.79 Å².